The number of hydrogen-bond acceptors (Lipinski definition) is 3. The fraction of sp³-hybridized carbons (Fsp3) is 0.786. The molecule has 0 aliphatic carbocycles. The Morgan fingerprint density at radius 3 is 2.95 bits per heavy atom. The van der Waals surface area contributed by atoms with E-state index in [-0.39, 0.29) is 6.10 Å². The molecule has 0 saturated carbocycles. The van der Waals surface area contributed by atoms with E-state index < -0.39 is 12.7 Å². The van der Waals surface area contributed by atoms with E-state index >= 15 is 0 Å². The molecule has 1 fully saturated rings. The van der Waals surface area contributed by atoms with Crippen LogP contribution in [0, 0.1) is 0 Å². The smallest absolute Gasteiger partial charge is 0.377 e. The molecule has 0 spiro atoms. The molecule has 0 amide bonds. The predicted molar refractivity (Wildman–Crippen MR) is 72.8 cm³/mol. The molecule has 0 unspecified atom stereocenters. The topological polar surface area (TPSA) is 30.3 Å². The summed E-state index contributed by atoms with van der Waals surface area (Å²) in [6, 6.07) is 0. The van der Waals surface area contributed by atoms with Crippen LogP contribution in [-0.2, 0) is 17.8 Å². The van der Waals surface area contributed by atoms with Crippen LogP contribution >= 0.6 is 0 Å². The van der Waals surface area contributed by atoms with Crippen molar-refractivity contribution in [2.45, 2.75) is 51.6 Å². The first kappa shape index (κ1) is 16.3. The molecular formula is C14H22F3N3O. The molecule has 2 rings (SSSR count). The highest BCUT2D eigenvalue weighted by molar-refractivity contribution is 4.94. The van der Waals surface area contributed by atoms with Crippen LogP contribution in [0.5, 0.6) is 0 Å². The lowest BCUT2D eigenvalue weighted by atomic mass is 10.1. The molecule has 120 valence electrons. The number of likely N-dealkylation sites (tertiary alicyclic amines) is 1. The third kappa shape index (κ3) is 5.32. The number of aromatic nitrogens is 2. The van der Waals surface area contributed by atoms with E-state index in [0.29, 0.717) is 12.4 Å². The molecule has 21 heavy (non-hydrogen) atoms. The van der Waals surface area contributed by atoms with Gasteiger partial charge in [0.05, 0.1) is 12.6 Å². The third-order valence-electron chi connectivity index (χ3n) is 3.54. The molecule has 1 atom stereocenters. The number of piperidine rings is 1. The lowest BCUT2D eigenvalue weighted by Gasteiger charge is -2.32. The van der Waals surface area contributed by atoms with E-state index in [9.17, 15) is 13.2 Å². The van der Waals surface area contributed by atoms with Gasteiger partial charge in [-0.1, -0.05) is 6.92 Å². The van der Waals surface area contributed by atoms with Crippen molar-refractivity contribution in [1.82, 2.24) is 14.5 Å². The monoisotopic (exact) mass is 305 g/mol. The van der Waals surface area contributed by atoms with Crippen molar-refractivity contribution in [2.24, 2.45) is 0 Å². The SMILES string of the molecule is CCCO[C@H]1CCCN(Cc2nccn2CC(F)(F)F)C1. The van der Waals surface area contributed by atoms with Crippen molar-refractivity contribution in [3.63, 3.8) is 0 Å². The van der Waals surface area contributed by atoms with Crippen molar-refractivity contribution >= 4 is 0 Å². The Bertz CT molecular complexity index is 433. The van der Waals surface area contributed by atoms with Gasteiger partial charge in [0.15, 0.2) is 0 Å². The van der Waals surface area contributed by atoms with Gasteiger partial charge in [-0.05, 0) is 25.8 Å². The molecule has 1 aliphatic heterocycles. The van der Waals surface area contributed by atoms with Gasteiger partial charge in [0.2, 0.25) is 0 Å². The average Bonchev–Trinajstić information content (AvgIpc) is 2.82. The number of nitrogens with zero attached hydrogens (tertiary/aromatic N) is 3. The number of hydrogen-bond donors (Lipinski definition) is 0. The van der Waals surface area contributed by atoms with Gasteiger partial charge in [-0.3, -0.25) is 4.90 Å². The summed E-state index contributed by atoms with van der Waals surface area (Å²) in [7, 11) is 0. The molecule has 0 N–H and O–H groups in total. The van der Waals surface area contributed by atoms with Crippen molar-refractivity contribution in [3.8, 4) is 0 Å². The minimum absolute atomic E-state index is 0.185. The highest BCUT2D eigenvalue weighted by atomic mass is 19.4. The first-order valence-electron chi connectivity index (χ1n) is 7.38. The summed E-state index contributed by atoms with van der Waals surface area (Å²) in [6.07, 6.45) is 1.79. The molecule has 1 saturated heterocycles. The number of alkyl halides is 3. The lowest BCUT2D eigenvalue weighted by molar-refractivity contribution is -0.141. The summed E-state index contributed by atoms with van der Waals surface area (Å²) in [4.78, 5) is 6.19. The molecule has 4 nitrogen and oxygen atoms in total. The molecule has 0 bridgehead atoms. The molecule has 7 heteroatoms. The molecule has 1 aromatic rings. The van der Waals surface area contributed by atoms with Gasteiger partial charge in [0.25, 0.3) is 0 Å². The van der Waals surface area contributed by atoms with Gasteiger partial charge in [-0.15, -0.1) is 0 Å². The van der Waals surface area contributed by atoms with Crippen molar-refractivity contribution in [1.29, 1.82) is 0 Å². The number of ether oxygens (including phenoxy) is 1. The van der Waals surface area contributed by atoms with E-state index in [4.69, 9.17) is 4.74 Å². The van der Waals surface area contributed by atoms with E-state index in [0.717, 1.165) is 39.0 Å². The summed E-state index contributed by atoms with van der Waals surface area (Å²) >= 11 is 0. The van der Waals surface area contributed by atoms with Crippen LogP contribution in [-0.4, -0.2) is 46.4 Å². The standard InChI is InChI=1S/C14H22F3N3O/c1-2-8-21-12-4-3-6-19(9-12)10-13-18-5-7-20(13)11-14(15,16)17/h5,7,12H,2-4,6,8-11H2,1H3/t12-/m0/s1. The van der Waals surface area contributed by atoms with Crippen LogP contribution in [0.1, 0.15) is 32.0 Å². The maximum atomic E-state index is 12.5. The quantitative estimate of drug-likeness (QED) is 0.809. The number of rotatable bonds is 6. The average molecular weight is 305 g/mol. The van der Waals surface area contributed by atoms with Crippen molar-refractivity contribution in [2.75, 3.05) is 19.7 Å². The first-order valence-corrected chi connectivity index (χ1v) is 7.38. The zero-order valence-corrected chi connectivity index (χ0v) is 12.3. The second-order valence-corrected chi connectivity index (χ2v) is 5.46. The van der Waals surface area contributed by atoms with E-state index in [2.05, 4.69) is 16.8 Å². The normalized spacial score (nSPS) is 20.9. The summed E-state index contributed by atoms with van der Waals surface area (Å²) in [5, 5.41) is 0. The minimum Gasteiger partial charge on any atom is -0.377 e. The first-order chi connectivity index (χ1) is 9.98. The van der Waals surface area contributed by atoms with Crippen LogP contribution < -0.4 is 0 Å². The highest BCUT2D eigenvalue weighted by Crippen LogP contribution is 2.20. The Morgan fingerprint density at radius 1 is 1.43 bits per heavy atom. The van der Waals surface area contributed by atoms with Gasteiger partial charge in [-0.2, -0.15) is 13.2 Å². The lowest BCUT2D eigenvalue weighted by Crippen LogP contribution is -2.40. The maximum Gasteiger partial charge on any atom is 0.406 e. The van der Waals surface area contributed by atoms with Crippen molar-refractivity contribution < 1.29 is 17.9 Å². The van der Waals surface area contributed by atoms with Crippen LogP contribution in [0.2, 0.25) is 0 Å². The summed E-state index contributed by atoms with van der Waals surface area (Å²) in [6.45, 7) is 3.90. The summed E-state index contributed by atoms with van der Waals surface area (Å²) in [5.74, 6) is 0.462. The zero-order valence-electron chi connectivity index (χ0n) is 12.3. The highest BCUT2D eigenvalue weighted by Gasteiger charge is 2.29. The van der Waals surface area contributed by atoms with Gasteiger partial charge in [-0.25, -0.2) is 4.98 Å². The van der Waals surface area contributed by atoms with E-state index in [1.165, 1.54) is 17.0 Å². The summed E-state index contributed by atoms with van der Waals surface area (Å²) < 4.78 is 44.4. The molecule has 1 aromatic heterocycles. The minimum atomic E-state index is -4.22. The van der Waals surface area contributed by atoms with Gasteiger partial charge in [0, 0.05) is 25.5 Å². The van der Waals surface area contributed by atoms with Crippen LogP contribution in [0.15, 0.2) is 12.4 Å². The zero-order chi connectivity index (χ0) is 15.3. The summed E-state index contributed by atoms with van der Waals surface area (Å²) in [5.41, 5.74) is 0. The van der Waals surface area contributed by atoms with Crippen LogP contribution in [0.25, 0.3) is 0 Å². The molecule has 0 aromatic carbocycles. The van der Waals surface area contributed by atoms with Crippen molar-refractivity contribution in [3.05, 3.63) is 18.2 Å². The number of imidazole rings is 1. The predicted octanol–water partition coefficient (Wildman–Crippen LogP) is 2.84. The third-order valence-corrected chi connectivity index (χ3v) is 3.54. The Labute approximate surface area is 122 Å². The Hall–Kier alpha value is -1.08. The second-order valence-electron chi connectivity index (χ2n) is 5.46. The second kappa shape index (κ2) is 7.26. The van der Waals surface area contributed by atoms with Crippen LogP contribution in [0.3, 0.4) is 0 Å². The molecule has 1 aliphatic rings. The van der Waals surface area contributed by atoms with E-state index in [1.807, 2.05) is 0 Å². The Kier molecular flexibility index (Phi) is 5.64. The largest absolute Gasteiger partial charge is 0.406 e. The van der Waals surface area contributed by atoms with Gasteiger partial charge in [0.1, 0.15) is 12.4 Å². The van der Waals surface area contributed by atoms with Crippen LogP contribution in [0.4, 0.5) is 13.2 Å². The van der Waals surface area contributed by atoms with Gasteiger partial charge < -0.3 is 9.30 Å². The maximum absolute atomic E-state index is 12.5. The number of halogens is 3. The molecular weight excluding hydrogens is 283 g/mol. The Balaban J connectivity index is 1.91. The molecule has 2 heterocycles. The Morgan fingerprint density at radius 2 is 2.24 bits per heavy atom. The fourth-order valence-electron chi connectivity index (χ4n) is 2.61. The fourth-order valence-corrected chi connectivity index (χ4v) is 2.61. The van der Waals surface area contributed by atoms with Gasteiger partial charge >= 0.3 is 6.18 Å². The molecule has 0 radical (unpaired) electrons. The van der Waals surface area contributed by atoms with E-state index in [1.54, 1.807) is 0 Å².